The summed E-state index contributed by atoms with van der Waals surface area (Å²) in [4.78, 5) is 14.5. The van der Waals surface area contributed by atoms with Crippen LogP contribution in [0.25, 0.3) is 11.1 Å². The summed E-state index contributed by atoms with van der Waals surface area (Å²) in [7, 11) is 1.48. The Hall–Kier alpha value is -3.11. The van der Waals surface area contributed by atoms with Gasteiger partial charge in [0.2, 0.25) is 0 Å². The van der Waals surface area contributed by atoms with Gasteiger partial charge in [-0.1, -0.05) is 67.1 Å². The fraction of sp³-hybridized carbons (Fsp3) is 0.367. The van der Waals surface area contributed by atoms with Crippen LogP contribution in [0.3, 0.4) is 0 Å². The van der Waals surface area contributed by atoms with E-state index in [4.69, 9.17) is 9.47 Å². The number of hydrogen-bond donors (Lipinski definition) is 0. The van der Waals surface area contributed by atoms with E-state index in [1.807, 2.05) is 0 Å². The summed E-state index contributed by atoms with van der Waals surface area (Å²) in [5.41, 5.74) is 7.64. The molecule has 0 spiro atoms. The molecule has 0 bridgehead atoms. The lowest BCUT2D eigenvalue weighted by Gasteiger charge is -2.33. The Labute approximate surface area is 202 Å². The number of hydrogen-bond acceptors (Lipinski definition) is 4. The number of carbonyl (C=O) groups excluding carboxylic acids is 1. The Morgan fingerprint density at radius 3 is 2.65 bits per heavy atom. The summed E-state index contributed by atoms with van der Waals surface area (Å²) >= 11 is 0. The van der Waals surface area contributed by atoms with Crippen molar-refractivity contribution in [3.63, 3.8) is 0 Å². The zero-order valence-corrected chi connectivity index (χ0v) is 20.1. The first kappa shape index (κ1) is 22.7. The molecule has 3 aromatic carbocycles. The molecule has 1 aliphatic heterocycles. The monoisotopic (exact) mass is 455 g/mol. The van der Waals surface area contributed by atoms with E-state index >= 15 is 0 Å². The smallest absolute Gasteiger partial charge is 0.323 e. The minimum Gasteiger partial charge on any atom is -0.485 e. The Bertz CT molecular complexity index is 1160. The highest BCUT2D eigenvalue weighted by molar-refractivity contribution is 5.75. The van der Waals surface area contributed by atoms with Crippen LogP contribution in [0.15, 0.2) is 66.7 Å². The molecule has 0 N–H and O–H groups in total. The minimum absolute atomic E-state index is 0.0778. The van der Waals surface area contributed by atoms with E-state index in [1.165, 1.54) is 34.9 Å². The molecular weight excluding hydrogens is 422 g/mol. The quantitative estimate of drug-likeness (QED) is 0.412. The van der Waals surface area contributed by atoms with Crippen LogP contribution in [-0.2, 0) is 22.5 Å². The number of fused-ring (bicyclic) bond motifs is 1. The van der Waals surface area contributed by atoms with Crippen LogP contribution < -0.4 is 4.74 Å². The van der Waals surface area contributed by atoms with Gasteiger partial charge in [-0.3, -0.25) is 9.69 Å². The second-order valence-electron chi connectivity index (χ2n) is 9.49. The molecule has 1 heterocycles. The number of carbonyl (C=O) groups is 1. The maximum atomic E-state index is 12.2. The first-order valence-corrected chi connectivity index (χ1v) is 12.4. The highest BCUT2D eigenvalue weighted by atomic mass is 16.5. The molecule has 0 unspecified atom stereocenters. The van der Waals surface area contributed by atoms with Gasteiger partial charge < -0.3 is 9.47 Å². The number of ether oxygens (including phenoxy) is 2. The van der Waals surface area contributed by atoms with Crippen LogP contribution >= 0.6 is 0 Å². The van der Waals surface area contributed by atoms with Gasteiger partial charge in [-0.05, 0) is 78.6 Å². The summed E-state index contributed by atoms with van der Waals surface area (Å²) in [6.07, 6.45) is 5.19. The highest BCUT2D eigenvalue weighted by Gasteiger charge is 2.30. The van der Waals surface area contributed by atoms with E-state index < -0.39 is 0 Å². The van der Waals surface area contributed by atoms with Crippen LogP contribution in [-0.4, -0.2) is 30.6 Å². The zero-order valence-electron chi connectivity index (χ0n) is 20.1. The van der Waals surface area contributed by atoms with Crippen molar-refractivity contribution < 1.29 is 14.3 Å². The van der Waals surface area contributed by atoms with Crippen molar-refractivity contribution in [1.82, 2.24) is 4.90 Å². The topological polar surface area (TPSA) is 38.8 Å². The molecule has 4 nitrogen and oxygen atoms in total. The number of benzene rings is 3. The van der Waals surface area contributed by atoms with Crippen molar-refractivity contribution in [2.24, 2.45) is 0 Å². The summed E-state index contributed by atoms with van der Waals surface area (Å²) < 4.78 is 11.6. The Balaban J connectivity index is 1.31. The van der Waals surface area contributed by atoms with Crippen LogP contribution in [0.2, 0.25) is 0 Å². The standard InChI is InChI=1S/C30H33NO3/c1-21-19-22(20-31-18-7-6-13-27(31)30(32)33-2)14-16-28(21)34-29-17-15-25-24(11-8-12-26(25)29)23-9-4-3-5-10-23/h3-5,8-12,14,16,19,27,29H,6-7,13,15,17-18,20H2,1-2H3/t27-,29-/m0/s1. The predicted molar refractivity (Wildman–Crippen MR) is 135 cm³/mol. The fourth-order valence-corrected chi connectivity index (χ4v) is 5.54. The molecule has 1 saturated heterocycles. The van der Waals surface area contributed by atoms with Gasteiger partial charge in [0.05, 0.1) is 7.11 Å². The average Bonchev–Trinajstić information content (AvgIpc) is 3.29. The number of rotatable bonds is 6. The second kappa shape index (κ2) is 10.0. The molecule has 5 rings (SSSR count). The van der Waals surface area contributed by atoms with Gasteiger partial charge in [0.25, 0.3) is 0 Å². The molecule has 3 aromatic rings. The molecule has 2 aliphatic rings. The van der Waals surface area contributed by atoms with Gasteiger partial charge in [0, 0.05) is 6.54 Å². The average molecular weight is 456 g/mol. The van der Waals surface area contributed by atoms with Gasteiger partial charge in [0.15, 0.2) is 0 Å². The van der Waals surface area contributed by atoms with Crippen molar-refractivity contribution >= 4 is 5.97 Å². The molecule has 1 aliphatic carbocycles. The molecule has 0 amide bonds. The minimum atomic E-state index is -0.135. The molecule has 0 radical (unpaired) electrons. The Kier molecular flexibility index (Phi) is 6.68. The van der Waals surface area contributed by atoms with Crippen molar-refractivity contribution in [2.75, 3.05) is 13.7 Å². The zero-order chi connectivity index (χ0) is 23.5. The largest absolute Gasteiger partial charge is 0.485 e. The fourth-order valence-electron chi connectivity index (χ4n) is 5.54. The predicted octanol–water partition coefficient (Wildman–Crippen LogP) is 6.26. The molecule has 176 valence electrons. The van der Waals surface area contributed by atoms with Crippen LogP contribution in [0, 0.1) is 6.92 Å². The first-order valence-electron chi connectivity index (χ1n) is 12.4. The van der Waals surface area contributed by atoms with Gasteiger partial charge in [-0.25, -0.2) is 0 Å². The molecule has 0 aromatic heterocycles. The SMILES string of the molecule is COC(=O)[C@@H]1CCCCN1Cc1ccc(O[C@H]2CCc3c(-c4ccccc4)cccc32)c(C)c1. The third-order valence-corrected chi connectivity index (χ3v) is 7.28. The van der Waals surface area contributed by atoms with Gasteiger partial charge in [0.1, 0.15) is 17.9 Å². The van der Waals surface area contributed by atoms with Gasteiger partial charge >= 0.3 is 5.97 Å². The summed E-state index contributed by atoms with van der Waals surface area (Å²) in [6, 6.07) is 23.5. The number of methoxy groups -OCH3 is 1. The van der Waals surface area contributed by atoms with E-state index in [-0.39, 0.29) is 18.1 Å². The van der Waals surface area contributed by atoms with Crippen molar-refractivity contribution in [1.29, 1.82) is 0 Å². The lowest BCUT2D eigenvalue weighted by Crippen LogP contribution is -2.44. The first-order chi connectivity index (χ1) is 16.6. The normalized spacial score (nSPS) is 20.1. The third-order valence-electron chi connectivity index (χ3n) is 7.28. The van der Waals surface area contributed by atoms with E-state index in [1.54, 1.807) is 0 Å². The molecular formula is C30H33NO3. The number of piperidine rings is 1. The summed E-state index contributed by atoms with van der Waals surface area (Å²) in [5, 5.41) is 0. The molecule has 4 heteroatoms. The third kappa shape index (κ3) is 4.60. The Morgan fingerprint density at radius 2 is 1.85 bits per heavy atom. The lowest BCUT2D eigenvalue weighted by atomic mass is 9.97. The van der Waals surface area contributed by atoms with Crippen LogP contribution in [0.4, 0.5) is 0 Å². The number of aryl methyl sites for hydroxylation is 1. The maximum Gasteiger partial charge on any atom is 0.323 e. The van der Waals surface area contributed by atoms with E-state index in [0.717, 1.165) is 56.5 Å². The van der Waals surface area contributed by atoms with E-state index in [0.29, 0.717) is 0 Å². The van der Waals surface area contributed by atoms with E-state index in [9.17, 15) is 4.79 Å². The summed E-state index contributed by atoms with van der Waals surface area (Å²) in [6.45, 7) is 3.80. The second-order valence-corrected chi connectivity index (χ2v) is 9.49. The highest BCUT2D eigenvalue weighted by Crippen LogP contribution is 2.40. The van der Waals surface area contributed by atoms with Crippen molar-refractivity contribution in [2.45, 2.75) is 57.7 Å². The van der Waals surface area contributed by atoms with Crippen molar-refractivity contribution in [3.8, 4) is 16.9 Å². The molecule has 0 saturated carbocycles. The summed E-state index contributed by atoms with van der Waals surface area (Å²) in [5.74, 6) is 0.820. The molecule has 1 fully saturated rings. The van der Waals surface area contributed by atoms with Crippen LogP contribution in [0.1, 0.15) is 54.0 Å². The Morgan fingerprint density at radius 1 is 1.00 bits per heavy atom. The number of likely N-dealkylation sites (tertiary alicyclic amines) is 1. The van der Waals surface area contributed by atoms with Gasteiger partial charge in [-0.2, -0.15) is 0 Å². The molecule has 34 heavy (non-hydrogen) atoms. The molecule has 2 atom stereocenters. The number of esters is 1. The van der Waals surface area contributed by atoms with E-state index in [2.05, 4.69) is 78.6 Å². The number of nitrogens with zero attached hydrogens (tertiary/aromatic N) is 1. The lowest BCUT2D eigenvalue weighted by molar-refractivity contribution is -0.148. The maximum absolute atomic E-state index is 12.2. The van der Waals surface area contributed by atoms with Crippen molar-refractivity contribution in [3.05, 3.63) is 89.0 Å². The van der Waals surface area contributed by atoms with Gasteiger partial charge in [-0.15, -0.1) is 0 Å². The van der Waals surface area contributed by atoms with Crippen LogP contribution in [0.5, 0.6) is 5.75 Å².